The van der Waals surface area contributed by atoms with Crippen molar-refractivity contribution >= 4 is 17.5 Å². The summed E-state index contributed by atoms with van der Waals surface area (Å²) >= 11 is 6.05. The molecule has 0 spiro atoms. The zero-order valence-electron chi connectivity index (χ0n) is 11.5. The Bertz CT molecular complexity index is 473. The van der Waals surface area contributed by atoms with Gasteiger partial charge in [0.2, 0.25) is 0 Å². The van der Waals surface area contributed by atoms with Gasteiger partial charge in [-0.05, 0) is 25.0 Å². The molecule has 0 aromatic heterocycles. The number of halogens is 1. The van der Waals surface area contributed by atoms with E-state index in [9.17, 15) is 4.79 Å². The molecule has 110 valence electrons. The second-order valence-electron chi connectivity index (χ2n) is 4.80. The summed E-state index contributed by atoms with van der Waals surface area (Å²) in [5.41, 5.74) is 5.81. The minimum Gasteiger partial charge on any atom is -0.497 e. The van der Waals surface area contributed by atoms with Gasteiger partial charge in [0.25, 0.3) is 5.91 Å². The zero-order valence-corrected chi connectivity index (χ0v) is 12.2. The molecular formula is C14H19ClN2O3. The molecule has 1 aromatic carbocycles. The quantitative estimate of drug-likeness (QED) is 0.918. The maximum absolute atomic E-state index is 12.0. The summed E-state index contributed by atoms with van der Waals surface area (Å²) in [6.45, 7) is 1.38. The molecule has 0 unspecified atom stereocenters. The highest BCUT2D eigenvalue weighted by Gasteiger charge is 2.21. The normalized spacial score (nSPS) is 16.1. The zero-order chi connectivity index (χ0) is 14.5. The van der Waals surface area contributed by atoms with Crippen molar-refractivity contribution in [3.05, 3.63) is 23.2 Å². The number of hydrogen-bond donors (Lipinski definition) is 1. The van der Waals surface area contributed by atoms with Crippen LogP contribution in [0.5, 0.6) is 11.5 Å². The fourth-order valence-corrected chi connectivity index (χ4v) is 2.33. The number of carbonyl (C=O) groups excluding carboxylic acids is 1. The summed E-state index contributed by atoms with van der Waals surface area (Å²) < 4.78 is 10.5. The van der Waals surface area contributed by atoms with E-state index < -0.39 is 0 Å². The van der Waals surface area contributed by atoms with Crippen molar-refractivity contribution in [2.75, 3.05) is 26.8 Å². The van der Waals surface area contributed by atoms with Crippen LogP contribution in [0.15, 0.2) is 18.2 Å². The number of nitrogens with zero attached hydrogens (tertiary/aromatic N) is 1. The van der Waals surface area contributed by atoms with Crippen LogP contribution < -0.4 is 15.2 Å². The van der Waals surface area contributed by atoms with Crippen molar-refractivity contribution in [1.82, 2.24) is 4.90 Å². The van der Waals surface area contributed by atoms with Crippen molar-refractivity contribution < 1.29 is 14.3 Å². The molecule has 1 fully saturated rings. The Morgan fingerprint density at radius 3 is 2.75 bits per heavy atom. The molecule has 1 saturated heterocycles. The van der Waals surface area contributed by atoms with Crippen LogP contribution in [0.25, 0.3) is 0 Å². The predicted octanol–water partition coefficient (Wildman–Crippen LogP) is 1.68. The van der Waals surface area contributed by atoms with E-state index >= 15 is 0 Å². The van der Waals surface area contributed by atoms with Gasteiger partial charge in [0, 0.05) is 25.2 Å². The highest BCUT2D eigenvalue weighted by atomic mass is 35.5. The van der Waals surface area contributed by atoms with Crippen molar-refractivity contribution in [1.29, 1.82) is 0 Å². The van der Waals surface area contributed by atoms with Crippen LogP contribution in [0, 0.1) is 0 Å². The first-order valence-electron chi connectivity index (χ1n) is 6.60. The molecule has 20 heavy (non-hydrogen) atoms. The van der Waals surface area contributed by atoms with E-state index in [-0.39, 0.29) is 18.6 Å². The van der Waals surface area contributed by atoms with Gasteiger partial charge < -0.3 is 20.1 Å². The minimum atomic E-state index is -0.0382. The average molecular weight is 299 g/mol. The monoisotopic (exact) mass is 298 g/mol. The Kier molecular flexibility index (Phi) is 5.09. The second kappa shape index (κ2) is 6.81. The summed E-state index contributed by atoms with van der Waals surface area (Å²) in [6, 6.07) is 5.30. The predicted molar refractivity (Wildman–Crippen MR) is 77.3 cm³/mol. The maximum atomic E-state index is 12.0. The third-order valence-corrected chi connectivity index (χ3v) is 3.68. The van der Waals surface area contributed by atoms with E-state index in [0.29, 0.717) is 29.6 Å². The van der Waals surface area contributed by atoms with Crippen LogP contribution in [-0.2, 0) is 4.79 Å². The summed E-state index contributed by atoms with van der Waals surface area (Å²) in [5, 5.41) is 0.429. The van der Waals surface area contributed by atoms with E-state index in [1.54, 1.807) is 30.2 Å². The number of methoxy groups -OCH3 is 1. The van der Waals surface area contributed by atoms with Crippen molar-refractivity contribution in [3.63, 3.8) is 0 Å². The first-order valence-corrected chi connectivity index (χ1v) is 6.97. The molecule has 1 aromatic rings. The third-order valence-electron chi connectivity index (χ3n) is 3.38. The van der Waals surface area contributed by atoms with Gasteiger partial charge in [-0.3, -0.25) is 4.79 Å². The Hall–Kier alpha value is -1.46. The van der Waals surface area contributed by atoms with E-state index in [2.05, 4.69) is 0 Å². The molecule has 0 bridgehead atoms. The topological polar surface area (TPSA) is 64.8 Å². The number of rotatable bonds is 4. The van der Waals surface area contributed by atoms with Crippen LogP contribution >= 0.6 is 11.6 Å². The highest BCUT2D eigenvalue weighted by Crippen LogP contribution is 2.28. The van der Waals surface area contributed by atoms with E-state index in [1.807, 2.05) is 0 Å². The highest BCUT2D eigenvalue weighted by molar-refractivity contribution is 6.32. The second-order valence-corrected chi connectivity index (χ2v) is 5.21. The Labute approximate surface area is 123 Å². The Balaban J connectivity index is 1.87. The molecule has 2 N–H and O–H groups in total. The third kappa shape index (κ3) is 3.77. The Morgan fingerprint density at radius 1 is 1.45 bits per heavy atom. The van der Waals surface area contributed by atoms with Gasteiger partial charge in [0.15, 0.2) is 6.61 Å². The van der Waals surface area contributed by atoms with Gasteiger partial charge in [-0.25, -0.2) is 0 Å². The fraction of sp³-hybridized carbons (Fsp3) is 0.500. The molecule has 0 atom stereocenters. The molecular weight excluding hydrogens is 280 g/mol. The number of nitrogens with two attached hydrogens (primary N) is 1. The number of piperidine rings is 1. The molecule has 1 heterocycles. The van der Waals surface area contributed by atoms with Gasteiger partial charge in [-0.1, -0.05) is 11.6 Å². The van der Waals surface area contributed by atoms with E-state index in [1.165, 1.54) is 0 Å². The lowest BCUT2D eigenvalue weighted by atomic mass is 10.1. The molecule has 2 rings (SSSR count). The van der Waals surface area contributed by atoms with Crippen molar-refractivity contribution in [3.8, 4) is 11.5 Å². The number of hydrogen-bond acceptors (Lipinski definition) is 4. The van der Waals surface area contributed by atoms with E-state index in [4.69, 9.17) is 26.8 Å². The van der Waals surface area contributed by atoms with Crippen LogP contribution in [-0.4, -0.2) is 43.7 Å². The smallest absolute Gasteiger partial charge is 0.260 e. The summed E-state index contributed by atoms with van der Waals surface area (Å²) in [5.74, 6) is 1.09. The summed E-state index contributed by atoms with van der Waals surface area (Å²) in [7, 11) is 1.57. The van der Waals surface area contributed by atoms with Crippen LogP contribution in [0.3, 0.4) is 0 Å². The number of carbonyl (C=O) groups is 1. The molecule has 0 aliphatic carbocycles. The number of likely N-dealkylation sites (tertiary alicyclic amines) is 1. The molecule has 6 heteroatoms. The summed E-state index contributed by atoms with van der Waals surface area (Å²) in [6.07, 6.45) is 1.68. The first kappa shape index (κ1) is 14.9. The molecule has 0 radical (unpaired) electrons. The van der Waals surface area contributed by atoms with Gasteiger partial charge >= 0.3 is 0 Å². The first-order chi connectivity index (χ1) is 9.60. The largest absolute Gasteiger partial charge is 0.497 e. The van der Waals surface area contributed by atoms with Gasteiger partial charge in [-0.15, -0.1) is 0 Å². The molecule has 5 nitrogen and oxygen atoms in total. The summed E-state index contributed by atoms with van der Waals surface area (Å²) in [4.78, 5) is 13.8. The number of amides is 1. The molecule has 1 amide bonds. The lowest BCUT2D eigenvalue weighted by Gasteiger charge is -2.30. The van der Waals surface area contributed by atoms with Crippen LogP contribution in [0.4, 0.5) is 0 Å². The number of benzene rings is 1. The van der Waals surface area contributed by atoms with Gasteiger partial charge in [0.05, 0.1) is 12.1 Å². The van der Waals surface area contributed by atoms with Crippen LogP contribution in [0.1, 0.15) is 12.8 Å². The maximum Gasteiger partial charge on any atom is 0.260 e. The average Bonchev–Trinajstić information content (AvgIpc) is 2.46. The lowest BCUT2D eigenvalue weighted by Crippen LogP contribution is -2.44. The molecule has 0 saturated carbocycles. The Morgan fingerprint density at radius 2 is 2.15 bits per heavy atom. The van der Waals surface area contributed by atoms with Crippen LogP contribution in [0.2, 0.25) is 5.02 Å². The van der Waals surface area contributed by atoms with Crippen molar-refractivity contribution in [2.45, 2.75) is 18.9 Å². The van der Waals surface area contributed by atoms with Gasteiger partial charge in [0.1, 0.15) is 11.5 Å². The standard InChI is InChI=1S/C14H19ClN2O3/c1-19-11-2-3-13(12(15)8-11)20-9-14(18)17-6-4-10(16)5-7-17/h2-3,8,10H,4-7,9,16H2,1H3. The lowest BCUT2D eigenvalue weighted by molar-refractivity contribution is -0.134. The van der Waals surface area contributed by atoms with E-state index in [0.717, 1.165) is 12.8 Å². The minimum absolute atomic E-state index is 0.0126. The fourth-order valence-electron chi connectivity index (χ4n) is 2.11. The number of ether oxygens (including phenoxy) is 2. The molecule has 1 aliphatic heterocycles. The van der Waals surface area contributed by atoms with Gasteiger partial charge in [-0.2, -0.15) is 0 Å². The SMILES string of the molecule is COc1ccc(OCC(=O)N2CCC(N)CC2)c(Cl)c1. The molecule has 1 aliphatic rings. The van der Waals surface area contributed by atoms with Crippen molar-refractivity contribution in [2.24, 2.45) is 5.73 Å².